The van der Waals surface area contributed by atoms with Crippen LogP contribution in [0.2, 0.25) is 0 Å². The van der Waals surface area contributed by atoms with E-state index in [1.165, 1.54) is 6.07 Å². The van der Waals surface area contributed by atoms with Crippen molar-refractivity contribution >= 4 is 38.4 Å². The van der Waals surface area contributed by atoms with Gasteiger partial charge in [-0.25, -0.2) is 4.39 Å². The molecule has 0 unspecified atom stereocenters. The SMILES string of the molecule is O=C(Nc1ccc(Br)c(F)c1)c1ccnc2ccccc12. The topological polar surface area (TPSA) is 42.0 Å². The van der Waals surface area contributed by atoms with Crippen molar-refractivity contribution in [3.63, 3.8) is 0 Å². The summed E-state index contributed by atoms with van der Waals surface area (Å²) < 4.78 is 13.8. The van der Waals surface area contributed by atoms with Gasteiger partial charge in [0.15, 0.2) is 0 Å². The number of carbonyl (C=O) groups is 1. The van der Waals surface area contributed by atoms with Crippen molar-refractivity contribution in [1.82, 2.24) is 4.98 Å². The highest BCUT2D eigenvalue weighted by molar-refractivity contribution is 9.10. The number of fused-ring (bicyclic) bond motifs is 1. The predicted octanol–water partition coefficient (Wildman–Crippen LogP) is 4.39. The smallest absolute Gasteiger partial charge is 0.256 e. The maximum Gasteiger partial charge on any atom is 0.256 e. The Kier molecular flexibility index (Phi) is 3.66. The Balaban J connectivity index is 1.95. The number of nitrogens with one attached hydrogen (secondary N) is 1. The Morgan fingerprint density at radius 1 is 1.14 bits per heavy atom. The number of amides is 1. The number of benzene rings is 2. The number of rotatable bonds is 2. The number of aromatic nitrogens is 1. The lowest BCUT2D eigenvalue weighted by atomic mass is 10.1. The molecule has 1 N–H and O–H groups in total. The van der Waals surface area contributed by atoms with Gasteiger partial charge in [0.2, 0.25) is 0 Å². The molecule has 1 aromatic heterocycles. The van der Waals surface area contributed by atoms with Crippen LogP contribution in [0.4, 0.5) is 10.1 Å². The van der Waals surface area contributed by atoms with Crippen LogP contribution in [-0.2, 0) is 0 Å². The van der Waals surface area contributed by atoms with Crippen LogP contribution in [0.25, 0.3) is 10.9 Å². The number of pyridine rings is 1. The molecule has 3 rings (SSSR count). The number of nitrogens with zero attached hydrogens (tertiary/aromatic N) is 1. The summed E-state index contributed by atoms with van der Waals surface area (Å²) in [4.78, 5) is 16.6. The molecule has 0 aliphatic rings. The number of hydrogen-bond acceptors (Lipinski definition) is 2. The van der Waals surface area contributed by atoms with Gasteiger partial charge in [0.05, 0.1) is 15.6 Å². The van der Waals surface area contributed by atoms with E-state index in [2.05, 4.69) is 26.2 Å². The Labute approximate surface area is 128 Å². The Bertz CT molecular complexity index is 830. The zero-order valence-electron chi connectivity index (χ0n) is 10.8. The van der Waals surface area contributed by atoms with E-state index in [1.807, 2.05) is 24.3 Å². The minimum absolute atomic E-state index is 0.296. The molecular formula is C16H10BrFN2O. The minimum Gasteiger partial charge on any atom is -0.322 e. The van der Waals surface area contributed by atoms with Crippen LogP contribution in [0.5, 0.6) is 0 Å². The maximum absolute atomic E-state index is 13.5. The van der Waals surface area contributed by atoms with Gasteiger partial charge in [-0.3, -0.25) is 9.78 Å². The number of para-hydroxylation sites is 1. The molecule has 2 aromatic carbocycles. The van der Waals surface area contributed by atoms with Crippen LogP contribution in [0.15, 0.2) is 59.2 Å². The molecule has 0 aliphatic heterocycles. The van der Waals surface area contributed by atoms with Crippen molar-refractivity contribution in [2.45, 2.75) is 0 Å². The molecule has 1 amide bonds. The summed E-state index contributed by atoms with van der Waals surface area (Å²) in [6.45, 7) is 0. The zero-order chi connectivity index (χ0) is 14.8. The number of halogens is 2. The Morgan fingerprint density at radius 3 is 2.76 bits per heavy atom. The third-order valence-corrected chi connectivity index (χ3v) is 3.71. The van der Waals surface area contributed by atoms with Crippen LogP contribution < -0.4 is 5.32 Å². The largest absolute Gasteiger partial charge is 0.322 e. The fourth-order valence-electron chi connectivity index (χ4n) is 2.07. The fourth-order valence-corrected chi connectivity index (χ4v) is 2.31. The second-order valence-corrected chi connectivity index (χ2v) is 5.31. The van der Waals surface area contributed by atoms with Crippen LogP contribution in [0.3, 0.4) is 0 Å². The molecule has 0 fully saturated rings. The quantitative estimate of drug-likeness (QED) is 0.749. The summed E-state index contributed by atoms with van der Waals surface area (Å²) in [5, 5.41) is 3.45. The molecule has 3 aromatic rings. The summed E-state index contributed by atoms with van der Waals surface area (Å²) in [6, 6.07) is 13.5. The Morgan fingerprint density at radius 2 is 1.95 bits per heavy atom. The third kappa shape index (κ3) is 2.78. The van der Waals surface area contributed by atoms with Gasteiger partial charge in [-0.05, 0) is 46.3 Å². The van der Waals surface area contributed by atoms with Crippen molar-refractivity contribution < 1.29 is 9.18 Å². The lowest BCUT2D eigenvalue weighted by molar-refractivity contribution is 0.102. The summed E-state index contributed by atoms with van der Waals surface area (Å²) >= 11 is 3.08. The summed E-state index contributed by atoms with van der Waals surface area (Å²) in [5.41, 5.74) is 1.65. The molecule has 104 valence electrons. The Hall–Kier alpha value is -2.27. The first-order valence-electron chi connectivity index (χ1n) is 6.25. The van der Waals surface area contributed by atoms with Gasteiger partial charge >= 0.3 is 0 Å². The van der Waals surface area contributed by atoms with E-state index in [1.54, 1.807) is 24.4 Å². The molecule has 5 heteroatoms. The van der Waals surface area contributed by atoms with Crippen LogP contribution in [0.1, 0.15) is 10.4 Å². The third-order valence-electron chi connectivity index (χ3n) is 3.07. The first-order valence-corrected chi connectivity index (χ1v) is 7.04. The van der Waals surface area contributed by atoms with Gasteiger partial charge in [-0.1, -0.05) is 18.2 Å². The van der Waals surface area contributed by atoms with Gasteiger partial charge in [0, 0.05) is 17.3 Å². The summed E-state index contributed by atoms with van der Waals surface area (Å²) in [5.74, 6) is -0.720. The highest BCUT2D eigenvalue weighted by atomic mass is 79.9. The van der Waals surface area contributed by atoms with Gasteiger partial charge in [0.1, 0.15) is 5.82 Å². The molecule has 3 nitrogen and oxygen atoms in total. The lowest BCUT2D eigenvalue weighted by Crippen LogP contribution is -2.12. The first-order chi connectivity index (χ1) is 10.1. The van der Waals surface area contributed by atoms with Crippen LogP contribution >= 0.6 is 15.9 Å². The average molecular weight is 345 g/mol. The first kappa shape index (κ1) is 13.7. The second kappa shape index (κ2) is 5.61. The van der Waals surface area contributed by atoms with E-state index < -0.39 is 5.82 Å². The molecule has 0 aliphatic carbocycles. The number of hydrogen-bond donors (Lipinski definition) is 1. The molecule has 1 heterocycles. The number of anilines is 1. The second-order valence-electron chi connectivity index (χ2n) is 4.46. The van der Waals surface area contributed by atoms with Gasteiger partial charge < -0.3 is 5.32 Å². The minimum atomic E-state index is -0.424. The highest BCUT2D eigenvalue weighted by Crippen LogP contribution is 2.21. The van der Waals surface area contributed by atoms with Crippen LogP contribution in [0, 0.1) is 5.82 Å². The molecule has 0 saturated heterocycles. The normalized spacial score (nSPS) is 10.6. The molecule has 21 heavy (non-hydrogen) atoms. The van der Waals surface area contributed by atoms with Crippen molar-refractivity contribution in [2.75, 3.05) is 5.32 Å². The predicted molar refractivity (Wildman–Crippen MR) is 83.8 cm³/mol. The van der Waals surface area contributed by atoms with Crippen molar-refractivity contribution in [3.05, 3.63) is 70.6 Å². The van der Waals surface area contributed by atoms with Gasteiger partial charge in [-0.15, -0.1) is 0 Å². The molecule has 0 saturated carbocycles. The lowest BCUT2D eigenvalue weighted by Gasteiger charge is -2.08. The molecule has 0 bridgehead atoms. The van der Waals surface area contributed by atoms with E-state index in [9.17, 15) is 9.18 Å². The number of carbonyl (C=O) groups excluding carboxylic acids is 1. The summed E-state index contributed by atoms with van der Waals surface area (Å²) in [6.07, 6.45) is 1.58. The molecule has 0 spiro atoms. The van der Waals surface area contributed by atoms with Crippen LogP contribution in [-0.4, -0.2) is 10.9 Å². The van der Waals surface area contributed by atoms with E-state index >= 15 is 0 Å². The van der Waals surface area contributed by atoms with E-state index in [4.69, 9.17) is 0 Å². The summed E-state index contributed by atoms with van der Waals surface area (Å²) in [7, 11) is 0. The molecule has 0 atom stereocenters. The van der Waals surface area contributed by atoms with E-state index in [0.717, 1.165) is 10.9 Å². The van der Waals surface area contributed by atoms with Gasteiger partial charge in [0.25, 0.3) is 5.91 Å². The maximum atomic E-state index is 13.5. The van der Waals surface area contributed by atoms with Gasteiger partial charge in [-0.2, -0.15) is 0 Å². The zero-order valence-corrected chi connectivity index (χ0v) is 12.4. The van der Waals surface area contributed by atoms with E-state index in [-0.39, 0.29) is 5.91 Å². The monoisotopic (exact) mass is 344 g/mol. The average Bonchev–Trinajstić information content (AvgIpc) is 2.50. The van der Waals surface area contributed by atoms with Crippen molar-refractivity contribution in [1.29, 1.82) is 0 Å². The molecule has 0 radical (unpaired) electrons. The van der Waals surface area contributed by atoms with Crippen molar-refractivity contribution in [2.24, 2.45) is 0 Å². The van der Waals surface area contributed by atoms with Crippen molar-refractivity contribution in [3.8, 4) is 0 Å². The fraction of sp³-hybridized carbons (Fsp3) is 0. The highest BCUT2D eigenvalue weighted by Gasteiger charge is 2.11. The van der Waals surface area contributed by atoms with E-state index in [0.29, 0.717) is 15.7 Å². The molecular weight excluding hydrogens is 335 g/mol. The standard InChI is InChI=1S/C16H10BrFN2O/c17-13-6-5-10(9-14(13)18)20-16(21)12-7-8-19-15-4-2-1-3-11(12)15/h1-9H,(H,20,21).